The molecule has 2 aromatic rings. The van der Waals surface area contributed by atoms with Crippen LogP contribution in [0.1, 0.15) is 18.2 Å². The highest BCUT2D eigenvalue weighted by atomic mass is 79.9. The van der Waals surface area contributed by atoms with Gasteiger partial charge in [0.05, 0.1) is 4.47 Å². The van der Waals surface area contributed by atoms with Gasteiger partial charge < -0.3 is 4.42 Å². The second kappa shape index (κ2) is 4.51. The van der Waals surface area contributed by atoms with Crippen LogP contribution in [0.25, 0.3) is 11.5 Å². The van der Waals surface area contributed by atoms with E-state index in [0.717, 1.165) is 0 Å². The van der Waals surface area contributed by atoms with E-state index in [-0.39, 0.29) is 11.2 Å². The van der Waals surface area contributed by atoms with Crippen LogP contribution in [0.3, 0.4) is 0 Å². The Morgan fingerprint density at radius 1 is 1.44 bits per heavy atom. The summed E-state index contributed by atoms with van der Waals surface area (Å²) in [6.45, 7) is 1.74. The quantitative estimate of drug-likeness (QED) is 0.789. The summed E-state index contributed by atoms with van der Waals surface area (Å²) in [4.78, 5) is 0. The zero-order chi connectivity index (χ0) is 11.7. The number of benzene rings is 1. The van der Waals surface area contributed by atoms with Gasteiger partial charge in [0.15, 0.2) is 0 Å². The molecular weight excluding hydrogens is 298 g/mol. The molecule has 0 fully saturated rings. The van der Waals surface area contributed by atoms with Gasteiger partial charge >= 0.3 is 0 Å². The molecule has 6 heteroatoms. The van der Waals surface area contributed by atoms with Crippen molar-refractivity contribution in [2.45, 2.75) is 12.3 Å². The van der Waals surface area contributed by atoms with Gasteiger partial charge in [-0.1, -0.05) is 0 Å². The molecule has 0 spiro atoms. The number of nitrogens with zero attached hydrogens (tertiary/aromatic N) is 2. The molecule has 0 bridgehead atoms. The fourth-order valence-corrected chi connectivity index (χ4v) is 1.61. The summed E-state index contributed by atoms with van der Waals surface area (Å²) in [7, 11) is 0. The van der Waals surface area contributed by atoms with Gasteiger partial charge in [0.1, 0.15) is 11.2 Å². The van der Waals surface area contributed by atoms with Crippen molar-refractivity contribution in [3.8, 4) is 11.5 Å². The van der Waals surface area contributed by atoms with E-state index >= 15 is 0 Å². The molecule has 0 aliphatic carbocycles. The fraction of sp³-hybridized carbons (Fsp3) is 0.200. The van der Waals surface area contributed by atoms with Crippen molar-refractivity contribution in [2.75, 3.05) is 0 Å². The molecule has 2 rings (SSSR count). The van der Waals surface area contributed by atoms with Gasteiger partial charge in [-0.2, -0.15) is 0 Å². The maximum Gasteiger partial charge on any atom is 0.247 e. The lowest BCUT2D eigenvalue weighted by Gasteiger charge is -1.97. The van der Waals surface area contributed by atoms with Gasteiger partial charge in [-0.3, -0.25) is 0 Å². The average molecular weight is 306 g/mol. The van der Waals surface area contributed by atoms with Gasteiger partial charge in [0, 0.05) is 5.56 Å². The Morgan fingerprint density at radius 2 is 2.19 bits per heavy atom. The van der Waals surface area contributed by atoms with E-state index < -0.39 is 0 Å². The maximum absolute atomic E-state index is 13.0. The van der Waals surface area contributed by atoms with E-state index in [9.17, 15) is 4.39 Å². The van der Waals surface area contributed by atoms with Crippen LogP contribution in [-0.4, -0.2) is 10.2 Å². The summed E-state index contributed by atoms with van der Waals surface area (Å²) >= 11 is 8.88. The Labute approximate surface area is 105 Å². The number of halogens is 3. The molecule has 0 radical (unpaired) electrons. The van der Waals surface area contributed by atoms with Gasteiger partial charge in [-0.05, 0) is 41.1 Å². The van der Waals surface area contributed by atoms with E-state index in [1.807, 2.05) is 0 Å². The summed E-state index contributed by atoms with van der Waals surface area (Å²) in [6.07, 6.45) is 0. The first-order chi connectivity index (χ1) is 7.58. The van der Waals surface area contributed by atoms with Crippen molar-refractivity contribution >= 4 is 27.5 Å². The van der Waals surface area contributed by atoms with Gasteiger partial charge in [-0.25, -0.2) is 4.39 Å². The molecule has 1 unspecified atom stereocenters. The van der Waals surface area contributed by atoms with E-state index in [4.69, 9.17) is 16.0 Å². The number of alkyl halides is 1. The molecule has 84 valence electrons. The third-order valence-corrected chi connectivity index (χ3v) is 2.74. The van der Waals surface area contributed by atoms with Crippen LogP contribution in [0, 0.1) is 5.82 Å². The third kappa shape index (κ3) is 2.25. The largest absolute Gasteiger partial charge is 0.419 e. The number of aromatic nitrogens is 2. The normalized spacial score (nSPS) is 12.8. The number of rotatable bonds is 2. The summed E-state index contributed by atoms with van der Waals surface area (Å²) in [5, 5.41) is 7.28. The lowest BCUT2D eigenvalue weighted by Crippen LogP contribution is -1.82. The van der Waals surface area contributed by atoms with E-state index in [1.165, 1.54) is 6.07 Å². The number of hydrogen-bond acceptors (Lipinski definition) is 3. The summed E-state index contributed by atoms with van der Waals surface area (Å²) in [5.41, 5.74) is 0.643. The highest BCUT2D eigenvalue weighted by Crippen LogP contribution is 2.26. The molecule has 0 amide bonds. The minimum absolute atomic E-state index is 0.322. The van der Waals surface area contributed by atoms with Crippen molar-refractivity contribution in [3.05, 3.63) is 34.4 Å². The molecular formula is C10H7BrClFN2O. The zero-order valence-corrected chi connectivity index (χ0v) is 10.6. The summed E-state index contributed by atoms with van der Waals surface area (Å²) < 4.78 is 18.7. The minimum atomic E-state index is -0.342. The smallest absolute Gasteiger partial charge is 0.247 e. The first kappa shape index (κ1) is 11.5. The van der Waals surface area contributed by atoms with Crippen LogP contribution >= 0.6 is 27.5 Å². The number of hydrogen-bond donors (Lipinski definition) is 0. The first-order valence-electron chi connectivity index (χ1n) is 4.51. The van der Waals surface area contributed by atoms with Crippen molar-refractivity contribution in [3.63, 3.8) is 0 Å². The van der Waals surface area contributed by atoms with Crippen molar-refractivity contribution in [2.24, 2.45) is 0 Å². The highest BCUT2D eigenvalue weighted by molar-refractivity contribution is 9.10. The Hall–Kier alpha value is -0.940. The molecule has 1 atom stereocenters. The molecule has 3 nitrogen and oxygen atoms in total. The molecule has 16 heavy (non-hydrogen) atoms. The lowest BCUT2D eigenvalue weighted by atomic mass is 10.2. The zero-order valence-electron chi connectivity index (χ0n) is 8.25. The van der Waals surface area contributed by atoms with Gasteiger partial charge in [0.2, 0.25) is 11.8 Å². The van der Waals surface area contributed by atoms with Crippen LogP contribution in [0.4, 0.5) is 4.39 Å². The molecule has 1 aromatic heterocycles. The van der Waals surface area contributed by atoms with Gasteiger partial charge in [-0.15, -0.1) is 21.8 Å². The van der Waals surface area contributed by atoms with Crippen LogP contribution in [0.15, 0.2) is 27.1 Å². The summed E-state index contributed by atoms with van der Waals surface area (Å²) in [6, 6.07) is 4.47. The molecule has 0 aliphatic rings. The van der Waals surface area contributed by atoms with Crippen LogP contribution in [0.2, 0.25) is 0 Å². The molecule has 0 saturated carbocycles. The maximum atomic E-state index is 13.0. The highest BCUT2D eigenvalue weighted by Gasteiger charge is 2.13. The standard InChI is InChI=1S/C10H7BrClFN2O/c1-5(12)9-14-15-10(16-9)6-2-3-8(13)7(11)4-6/h2-5H,1H3. The first-order valence-corrected chi connectivity index (χ1v) is 5.74. The van der Waals surface area contributed by atoms with E-state index in [1.54, 1.807) is 19.1 Å². The van der Waals surface area contributed by atoms with Gasteiger partial charge in [0.25, 0.3) is 0 Å². The minimum Gasteiger partial charge on any atom is -0.419 e. The second-order valence-corrected chi connectivity index (χ2v) is 4.70. The summed E-state index contributed by atoms with van der Waals surface area (Å²) in [5.74, 6) is 0.328. The van der Waals surface area contributed by atoms with Crippen LogP contribution in [0.5, 0.6) is 0 Å². The third-order valence-electron chi connectivity index (χ3n) is 1.95. The van der Waals surface area contributed by atoms with Crippen LogP contribution < -0.4 is 0 Å². The predicted octanol–water partition coefficient (Wildman–Crippen LogP) is 3.94. The average Bonchev–Trinajstić information content (AvgIpc) is 2.71. The monoisotopic (exact) mass is 304 g/mol. The Morgan fingerprint density at radius 3 is 2.75 bits per heavy atom. The molecule has 0 saturated heterocycles. The Bertz CT molecular complexity index is 515. The molecule has 1 aromatic carbocycles. The SMILES string of the molecule is CC(Cl)c1nnc(-c2ccc(F)c(Br)c2)o1. The van der Waals surface area contributed by atoms with Crippen molar-refractivity contribution in [1.29, 1.82) is 0 Å². The van der Waals surface area contributed by atoms with E-state index in [2.05, 4.69) is 26.1 Å². The molecule has 1 heterocycles. The Balaban J connectivity index is 2.39. The Kier molecular flexibility index (Phi) is 3.25. The topological polar surface area (TPSA) is 38.9 Å². The second-order valence-electron chi connectivity index (χ2n) is 3.19. The van der Waals surface area contributed by atoms with Crippen molar-refractivity contribution < 1.29 is 8.81 Å². The lowest BCUT2D eigenvalue weighted by molar-refractivity contribution is 0.507. The molecule has 0 aliphatic heterocycles. The van der Waals surface area contributed by atoms with Crippen LogP contribution in [-0.2, 0) is 0 Å². The van der Waals surface area contributed by atoms with E-state index in [0.29, 0.717) is 21.8 Å². The van der Waals surface area contributed by atoms with Crippen molar-refractivity contribution in [1.82, 2.24) is 10.2 Å². The molecule has 0 N–H and O–H groups in total. The fourth-order valence-electron chi connectivity index (χ4n) is 1.14. The predicted molar refractivity (Wildman–Crippen MR) is 61.7 cm³/mol.